The standard InChI is InChI=1S/C30H27F5O2/c1-16(36)22-12-13-23(29(34)28(22)33)18-4-2-17(3-5-18)21-9-7-19(25(31)14-21)6-8-20-10-11-24(26-15-37-26)30(35)27(20)32/h6-14,16-18,26,36H,2-5,15H2,1H3/b8-6+. The van der Waals surface area contributed by atoms with Crippen LogP contribution in [0.15, 0.2) is 42.5 Å². The molecule has 3 aromatic rings. The van der Waals surface area contributed by atoms with Crippen LogP contribution in [0.25, 0.3) is 12.2 Å². The third kappa shape index (κ3) is 5.20. The highest BCUT2D eigenvalue weighted by atomic mass is 19.2. The number of rotatable bonds is 6. The second-order valence-electron chi connectivity index (χ2n) is 9.90. The number of hydrogen-bond donors (Lipinski definition) is 1. The topological polar surface area (TPSA) is 32.8 Å². The Morgan fingerprint density at radius 2 is 1.35 bits per heavy atom. The van der Waals surface area contributed by atoms with Gasteiger partial charge in [-0.1, -0.05) is 48.6 Å². The first-order valence-electron chi connectivity index (χ1n) is 12.5. The van der Waals surface area contributed by atoms with Crippen molar-refractivity contribution < 1.29 is 31.8 Å². The lowest BCUT2D eigenvalue weighted by molar-refractivity contribution is 0.192. The summed E-state index contributed by atoms with van der Waals surface area (Å²) >= 11 is 0. The molecule has 0 bridgehead atoms. The van der Waals surface area contributed by atoms with Gasteiger partial charge in [0.25, 0.3) is 0 Å². The van der Waals surface area contributed by atoms with Gasteiger partial charge in [0.05, 0.1) is 12.7 Å². The molecule has 194 valence electrons. The van der Waals surface area contributed by atoms with Gasteiger partial charge in [-0.3, -0.25) is 0 Å². The van der Waals surface area contributed by atoms with Gasteiger partial charge < -0.3 is 9.84 Å². The Kier molecular flexibility index (Phi) is 7.19. The average Bonchev–Trinajstić information content (AvgIpc) is 3.72. The van der Waals surface area contributed by atoms with Crippen LogP contribution in [-0.4, -0.2) is 11.7 Å². The second kappa shape index (κ2) is 10.4. The van der Waals surface area contributed by atoms with E-state index < -0.39 is 41.3 Å². The molecule has 0 aromatic heterocycles. The van der Waals surface area contributed by atoms with Crippen molar-refractivity contribution in [2.24, 2.45) is 0 Å². The minimum absolute atomic E-state index is 0.0221. The SMILES string of the molecule is CC(O)c1ccc(C2CCC(c3ccc(/C=C/c4ccc(C5CO5)c(F)c4F)c(F)c3)CC2)c(F)c1F. The first kappa shape index (κ1) is 25.6. The van der Waals surface area contributed by atoms with E-state index in [-0.39, 0.29) is 34.1 Å². The van der Waals surface area contributed by atoms with Crippen LogP contribution < -0.4 is 0 Å². The zero-order valence-electron chi connectivity index (χ0n) is 20.3. The van der Waals surface area contributed by atoms with Crippen molar-refractivity contribution in [1.29, 1.82) is 0 Å². The number of ether oxygens (including phenoxy) is 1. The first-order valence-corrected chi connectivity index (χ1v) is 12.5. The summed E-state index contributed by atoms with van der Waals surface area (Å²) in [6, 6.07) is 10.8. The predicted molar refractivity (Wildman–Crippen MR) is 131 cm³/mol. The lowest BCUT2D eigenvalue weighted by Gasteiger charge is -2.29. The number of halogens is 5. The molecule has 0 amide bonds. The van der Waals surface area contributed by atoms with E-state index in [1.165, 1.54) is 43.3 Å². The summed E-state index contributed by atoms with van der Waals surface area (Å²) in [5.41, 5.74) is 1.53. The molecule has 0 radical (unpaired) electrons. The minimum Gasteiger partial charge on any atom is -0.389 e. The Balaban J connectivity index is 1.25. The number of hydrogen-bond acceptors (Lipinski definition) is 2. The fraction of sp³-hybridized carbons (Fsp3) is 0.333. The van der Waals surface area contributed by atoms with Crippen molar-refractivity contribution in [2.45, 2.75) is 56.7 Å². The fourth-order valence-electron chi connectivity index (χ4n) is 5.25. The second-order valence-corrected chi connectivity index (χ2v) is 9.90. The summed E-state index contributed by atoms with van der Waals surface area (Å²) in [7, 11) is 0. The lowest BCUT2D eigenvalue weighted by Crippen LogP contribution is -2.14. The molecule has 0 spiro atoms. The summed E-state index contributed by atoms with van der Waals surface area (Å²) in [5, 5.41) is 9.60. The molecule has 2 nitrogen and oxygen atoms in total. The number of epoxide rings is 1. The summed E-state index contributed by atoms with van der Waals surface area (Å²) in [6.45, 7) is 1.76. The molecule has 5 rings (SSSR count). The molecule has 1 saturated heterocycles. The minimum atomic E-state index is -1.09. The van der Waals surface area contributed by atoms with Gasteiger partial charge in [-0.05, 0) is 61.6 Å². The van der Waals surface area contributed by atoms with E-state index in [0.29, 0.717) is 37.9 Å². The Morgan fingerprint density at radius 1 is 0.757 bits per heavy atom. The van der Waals surface area contributed by atoms with Gasteiger partial charge in [-0.15, -0.1) is 0 Å². The normalized spacial score (nSPS) is 22.4. The fourth-order valence-corrected chi connectivity index (χ4v) is 5.25. The highest BCUT2D eigenvalue weighted by Gasteiger charge is 2.30. The van der Waals surface area contributed by atoms with Crippen LogP contribution in [0.1, 0.15) is 90.0 Å². The van der Waals surface area contributed by atoms with Gasteiger partial charge >= 0.3 is 0 Å². The highest BCUT2D eigenvalue weighted by molar-refractivity contribution is 5.70. The van der Waals surface area contributed by atoms with Crippen molar-refractivity contribution in [3.05, 3.63) is 105 Å². The van der Waals surface area contributed by atoms with Crippen LogP contribution in [0.2, 0.25) is 0 Å². The van der Waals surface area contributed by atoms with Gasteiger partial charge in [0.15, 0.2) is 23.3 Å². The molecule has 37 heavy (non-hydrogen) atoms. The van der Waals surface area contributed by atoms with Crippen molar-refractivity contribution >= 4 is 12.2 Å². The Bertz CT molecular complexity index is 1340. The quantitative estimate of drug-likeness (QED) is 0.205. The monoisotopic (exact) mass is 514 g/mol. The van der Waals surface area contributed by atoms with E-state index in [9.17, 15) is 27.1 Å². The van der Waals surface area contributed by atoms with Crippen LogP contribution in [0.4, 0.5) is 22.0 Å². The van der Waals surface area contributed by atoms with E-state index in [4.69, 9.17) is 4.74 Å². The van der Waals surface area contributed by atoms with E-state index in [1.807, 2.05) is 6.07 Å². The van der Waals surface area contributed by atoms with E-state index in [1.54, 1.807) is 12.1 Å². The van der Waals surface area contributed by atoms with Gasteiger partial charge in [0.2, 0.25) is 0 Å². The molecular formula is C30H27F5O2. The summed E-state index contributed by atoms with van der Waals surface area (Å²) in [4.78, 5) is 0. The average molecular weight is 515 g/mol. The summed E-state index contributed by atoms with van der Waals surface area (Å²) < 4.78 is 77.5. The molecule has 1 aliphatic carbocycles. The summed E-state index contributed by atoms with van der Waals surface area (Å²) in [5.74, 6) is -4.38. The Hall–Kier alpha value is -3.03. The highest BCUT2D eigenvalue weighted by Crippen LogP contribution is 2.42. The van der Waals surface area contributed by atoms with Crippen LogP contribution in [-0.2, 0) is 4.74 Å². The smallest absolute Gasteiger partial charge is 0.166 e. The maximum atomic E-state index is 14.9. The van der Waals surface area contributed by atoms with Gasteiger partial charge in [0, 0.05) is 22.3 Å². The van der Waals surface area contributed by atoms with Crippen molar-refractivity contribution in [3.63, 3.8) is 0 Å². The molecule has 2 aliphatic rings. The third-order valence-electron chi connectivity index (χ3n) is 7.52. The van der Waals surface area contributed by atoms with Crippen LogP contribution in [0.5, 0.6) is 0 Å². The maximum Gasteiger partial charge on any atom is 0.166 e. The maximum absolute atomic E-state index is 14.9. The largest absolute Gasteiger partial charge is 0.389 e. The summed E-state index contributed by atoms with van der Waals surface area (Å²) in [6.07, 6.45) is 3.92. The molecule has 2 atom stereocenters. The molecule has 2 fully saturated rings. The molecule has 1 aliphatic heterocycles. The van der Waals surface area contributed by atoms with Crippen molar-refractivity contribution in [2.75, 3.05) is 6.61 Å². The Labute approximate surface area is 212 Å². The van der Waals surface area contributed by atoms with E-state index in [2.05, 4.69) is 0 Å². The molecule has 1 N–H and O–H groups in total. The van der Waals surface area contributed by atoms with E-state index in [0.717, 1.165) is 5.56 Å². The van der Waals surface area contributed by atoms with Crippen molar-refractivity contribution in [3.8, 4) is 0 Å². The molecule has 3 aromatic carbocycles. The molecular weight excluding hydrogens is 487 g/mol. The zero-order valence-corrected chi connectivity index (χ0v) is 20.3. The Morgan fingerprint density at radius 3 is 2.00 bits per heavy atom. The van der Waals surface area contributed by atoms with Crippen LogP contribution >= 0.6 is 0 Å². The van der Waals surface area contributed by atoms with Gasteiger partial charge in [0.1, 0.15) is 11.9 Å². The number of benzene rings is 3. The molecule has 7 heteroatoms. The van der Waals surface area contributed by atoms with Crippen molar-refractivity contribution in [1.82, 2.24) is 0 Å². The lowest BCUT2D eigenvalue weighted by atomic mass is 9.75. The third-order valence-corrected chi connectivity index (χ3v) is 7.52. The van der Waals surface area contributed by atoms with Gasteiger partial charge in [-0.25, -0.2) is 22.0 Å². The molecule has 1 saturated carbocycles. The van der Waals surface area contributed by atoms with E-state index >= 15 is 0 Å². The zero-order chi connectivity index (χ0) is 26.3. The van der Waals surface area contributed by atoms with Gasteiger partial charge in [-0.2, -0.15) is 0 Å². The molecule has 2 unspecified atom stereocenters. The van der Waals surface area contributed by atoms with Crippen LogP contribution in [0.3, 0.4) is 0 Å². The van der Waals surface area contributed by atoms with Crippen LogP contribution in [0, 0.1) is 29.1 Å². The first-order chi connectivity index (χ1) is 17.7. The number of aliphatic hydroxyl groups is 1. The predicted octanol–water partition coefficient (Wildman–Crippen LogP) is 8.12. The molecule has 1 heterocycles. The number of aliphatic hydroxyl groups excluding tert-OH is 1.